The van der Waals surface area contributed by atoms with Gasteiger partial charge in [-0.25, -0.2) is 4.79 Å². The largest absolute Gasteiger partial charge is 0.405 e. The van der Waals surface area contributed by atoms with Crippen LogP contribution in [0, 0.1) is 0 Å². The average Bonchev–Trinajstić information content (AvgIpc) is 2.21. The first kappa shape index (κ1) is 16.0. The Morgan fingerprint density at radius 1 is 1.35 bits per heavy atom. The van der Waals surface area contributed by atoms with Gasteiger partial charge in [0.15, 0.2) is 0 Å². The summed E-state index contributed by atoms with van der Waals surface area (Å²) in [5.41, 5.74) is 4.85. The lowest BCUT2D eigenvalue weighted by molar-refractivity contribution is -0.123. The zero-order chi connectivity index (χ0) is 13.7. The molecule has 0 aliphatic carbocycles. The molecule has 0 saturated heterocycles. The number of hydrogen-bond donors (Lipinski definition) is 2. The fourth-order valence-corrected chi connectivity index (χ4v) is 1.28. The Morgan fingerprint density at radius 3 is 2.24 bits per heavy atom. The van der Waals surface area contributed by atoms with E-state index in [9.17, 15) is 18.0 Å². The van der Waals surface area contributed by atoms with E-state index >= 15 is 0 Å². The lowest BCUT2D eigenvalue weighted by Crippen LogP contribution is -2.56. The summed E-state index contributed by atoms with van der Waals surface area (Å²) < 4.78 is 36.0. The van der Waals surface area contributed by atoms with Gasteiger partial charge >= 0.3 is 12.2 Å². The number of carbonyl (C=O) groups is 1. The second-order valence-electron chi connectivity index (χ2n) is 4.44. The van der Waals surface area contributed by atoms with Gasteiger partial charge in [0.05, 0.1) is 5.54 Å². The molecule has 0 rings (SSSR count). The smallest absolute Gasteiger partial charge is 0.329 e. The summed E-state index contributed by atoms with van der Waals surface area (Å²) in [7, 11) is 0. The van der Waals surface area contributed by atoms with Gasteiger partial charge in [-0.1, -0.05) is 6.92 Å². The van der Waals surface area contributed by atoms with Crippen LogP contribution in [0.25, 0.3) is 0 Å². The summed E-state index contributed by atoms with van der Waals surface area (Å²) in [6.45, 7) is 4.51. The van der Waals surface area contributed by atoms with Crippen molar-refractivity contribution in [3.8, 4) is 0 Å². The van der Waals surface area contributed by atoms with Crippen molar-refractivity contribution in [1.82, 2.24) is 10.2 Å². The Labute approximate surface area is 99.3 Å². The summed E-state index contributed by atoms with van der Waals surface area (Å²) >= 11 is 0. The third-order valence-electron chi connectivity index (χ3n) is 2.36. The number of nitrogens with zero attached hydrogens (tertiary/aromatic N) is 1. The second-order valence-corrected chi connectivity index (χ2v) is 4.44. The van der Waals surface area contributed by atoms with Crippen molar-refractivity contribution in [1.29, 1.82) is 0 Å². The molecule has 0 aliphatic rings. The van der Waals surface area contributed by atoms with Crippen LogP contribution in [-0.4, -0.2) is 42.3 Å². The van der Waals surface area contributed by atoms with Crippen LogP contribution in [0.1, 0.15) is 27.2 Å². The lowest BCUT2D eigenvalue weighted by Gasteiger charge is -2.37. The molecule has 0 aromatic carbocycles. The second kappa shape index (κ2) is 6.09. The molecule has 3 N–H and O–H groups in total. The number of nitrogens with one attached hydrogen (secondary N) is 1. The van der Waals surface area contributed by atoms with Crippen LogP contribution in [0.5, 0.6) is 0 Å². The van der Waals surface area contributed by atoms with Gasteiger partial charge in [-0.05, 0) is 20.3 Å². The number of nitrogens with two attached hydrogens (primary N) is 1. The molecule has 17 heavy (non-hydrogen) atoms. The summed E-state index contributed by atoms with van der Waals surface area (Å²) in [6, 6.07) is -0.736. The SMILES string of the molecule is CCCN(C(=O)NCC(F)(F)F)C(C)(C)CN. The van der Waals surface area contributed by atoms with E-state index < -0.39 is 24.3 Å². The van der Waals surface area contributed by atoms with Crippen molar-refractivity contribution in [3.05, 3.63) is 0 Å². The Bertz CT molecular complexity index is 254. The maximum atomic E-state index is 12.0. The van der Waals surface area contributed by atoms with Gasteiger partial charge in [0.2, 0.25) is 0 Å². The van der Waals surface area contributed by atoms with Crippen molar-refractivity contribution in [2.24, 2.45) is 5.73 Å². The summed E-state index contributed by atoms with van der Waals surface area (Å²) in [5.74, 6) is 0. The van der Waals surface area contributed by atoms with Gasteiger partial charge < -0.3 is 16.0 Å². The Hall–Kier alpha value is -0.980. The minimum Gasteiger partial charge on any atom is -0.329 e. The molecule has 0 radical (unpaired) electrons. The molecule has 0 spiro atoms. The van der Waals surface area contributed by atoms with E-state index in [1.807, 2.05) is 12.2 Å². The third kappa shape index (κ3) is 5.76. The Kier molecular flexibility index (Phi) is 5.74. The van der Waals surface area contributed by atoms with E-state index in [1.165, 1.54) is 4.90 Å². The number of carbonyl (C=O) groups excluding carboxylic acids is 1. The summed E-state index contributed by atoms with van der Waals surface area (Å²) in [4.78, 5) is 13.0. The van der Waals surface area contributed by atoms with Crippen molar-refractivity contribution in [3.63, 3.8) is 0 Å². The molecule has 0 saturated carbocycles. The molecule has 7 heteroatoms. The average molecular weight is 255 g/mol. The zero-order valence-corrected chi connectivity index (χ0v) is 10.4. The minimum atomic E-state index is -4.40. The van der Waals surface area contributed by atoms with Crippen molar-refractivity contribution in [2.75, 3.05) is 19.6 Å². The van der Waals surface area contributed by atoms with Gasteiger partial charge in [-0.2, -0.15) is 13.2 Å². The normalized spacial score (nSPS) is 12.4. The number of rotatable bonds is 5. The first-order valence-electron chi connectivity index (χ1n) is 5.46. The molecule has 4 nitrogen and oxygen atoms in total. The first-order chi connectivity index (χ1) is 7.64. The first-order valence-corrected chi connectivity index (χ1v) is 5.46. The highest BCUT2D eigenvalue weighted by molar-refractivity contribution is 5.75. The fraction of sp³-hybridized carbons (Fsp3) is 0.900. The van der Waals surface area contributed by atoms with Gasteiger partial charge in [-0.3, -0.25) is 0 Å². The van der Waals surface area contributed by atoms with Crippen LogP contribution < -0.4 is 11.1 Å². The molecule has 0 atom stereocenters. The maximum absolute atomic E-state index is 12.0. The highest BCUT2D eigenvalue weighted by atomic mass is 19.4. The summed E-state index contributed by atoms with van der Waals surface area (Å²) in [5, 5.41) is 1.85. The summed E-state index contributed by atoms with van der Waals surface area (Å²) in [6.07, 6.45) is -3.75. The number of halogens is 3. The highest BCUT2D eigenvalue weighted by Gasteiger charge is 2.32. The highest BCUT2D eigenvalue weighted by Crippen LogP contribution is 2.16. The zero-order valence-electron chi connectivity index (χ0n) is 10.4. The molecule has 2 amide bonds. The lowest BCUT2D eigenvalue weighted by atomic mass is 10.0. The number of urea groups is 1. The maximum Gasteiger partial charge on any atom is 0.405 e. The van der Waals surface area contributed by atoms with Crippen LogP contribution in [0.3, 0.4) is 0 Å². The fourth-order valence-electron chi connectivity index (χ4n) is 1.28. The number of amides is 2. The topological polar surface area (TPSA) is 58.4 Å². The van der Waals surface area contributed by atoms with Crippen molar-refractivity contribution < 1.29 is 18.0 Å². The molecular weight excluding hydrogens is 235 g/mol. The molecule has 0 aromatic rings. The molecule has 0 unspecified atom stereocenters. The Balaban J connectivity index is 4.56. The van der Waals surface area contributed by atoms with E-state index in [0.717, 1.165) is 0 Å². The van der Waals surface area contributed by atoms with E-state index in [2.05, 4.69) is 0 Å². The van der Waals surface area contributed by atoms with E-state index in [4.69, 9.17) is 5.73 Å². The van der Waals surface area contributed by atoms with Crippen LogP contribution >= 0.6 is 0 Å². The minimum absolute atomic E-state index is 0.187. The van der Waals surface area contributed by atoms with Gasteiger partial charge in [0, 0.05) is 13.1 Å². The number of hydrogen-bond acceptors (Lipinski definition) is 2. The quantitative estimate of drug-likeness (QED) is 0.785. The predicted octanol–water partition coefficient (Wildman–Crippen LogP) is 1.71. The van der Waals surface area contributed by atoms with Crippen LogP contribution in [0.2, 0.25) is 0 Å². The van der Waals surface area contributed by atoms with Gasteiger partial charge in [-0.15, -0.1) is 0 Å². The Morgan fingerprint density at radius 2 is 1.88 bits per heavy atom. The van der Waals surface area contributed by atoms with Crippen LogP contribution in [-0.2, 0) is 0 Å². The monoisotopic (exact) mass is 255 g/mol. The van der Waals surface area contributed by atoms with Crippen molar-refractivity contribution >= 4 is 6.03 Å². The van der Waals surface area contributed by atoms with E-state index in [1.54, 1.807) is 13.8 Å². The molecule has 102 valence electrons. The molecular formula is C10H20F3N3O. The van der Waals surface area contributed by atoms with E-state index in [-0.39, 0.29) is 6.54 Å². The number of alkyl halides is 3. The van der Waals surface area contributed by atoms with Crippen LogP contribution in [0.4, 0.5) is 18.0 Å². The molecule has 0 aromatic heterocycles. The molecule has 0 fully saturated rings. The molecule has 0 heterocycles. The molecule has 0 aliphatic heterocycles. The third-order valence-corrected chi connectivity index (χ3v) is 2.36. The van der Waals surface area contributed by atoms with Crippen LogP contribution in [0.15, 0.2) is 0 Å². The van der Waals surface area contributed by atoms with Gasteiger partial charge in [0.25, 0.3) is 0 Å². The van der Waals surface area contributed by atoms with E-state index in [0.29, 0.717) is 13.0 Å². The van der Waals surface area contributed by atoms with Crippen molar-refractivity contribution in [2.45, 2.75) is 38.9 Å². The predicted molar refractivity (Wildman–Crippen MR) is 59.6 cm³/mol. The van der Waals surface area contributed by atoms with Gasteiger partial charge in [0.1, 0.15) is 6.54 Å². The standard InChI is InChI=1S/C10H20F3N3O/c1-4-5-16(9(2,3)6-14)8(17)15-7-10(11,12)13/h4-7,14H2,1-3H3,(H,15,17). The molecule has 0 bridgehead atoms.